The van der Waals surface area contributed by atoms with Gasteiger partial charge >= 0.3 is 5.97 Å². The van der Waals surface area contributed by atoms with Gasteiger partial charge in [-0.25, -0.2) is 0 Å². The zero-order chi connectivity index (χ0) is 15.4. The van der Waals surface area contributed by atoms with Gasteiger partial charge in [-0.05, 0) is 24.3 Å². The molecule has 0 aliphatic carbocycles. The molecule has 0 amide bonds. The highest BCUT2D eigenvalue weighted by Gasteiger charge is 2.23. The van der Waals surface area contributed by atoms with Crippen LogP contribution in [0.1, 0.15) is 33.2 Å². The first kappa shape index (κ1) is 16.0. The van der Waals surface area contributed by atoms with Gasteiger partial charge in [0.1, 0.15) is 0 Å². The molecule has 2 heterocycles. The molecule has 7 heteroatoms. The third-order valence-electron chi connectivity index (χ3n) is 3.61. The minimum absolute atomic E-state index is 0.00417. The van der Waals surface area contributed by atoms with E-state index in [0.717, 1.165) is 17.1 Å². The quantitative estimate of drug-likeness (QED) is 0.784. The molecule has 2 atom stereocenters. The maximum Gasteiger partial charge on any atom is 0.313 e. The predicted octanol–water partition coefficient (Wildman–Crippen LogP) is 3.79. The second-order valence-corrected chi connectivity index (χ2v) is 6.85. The van der Waals surface area contributed by atoms with Crippen molar-refractivity contribution >= 4 is 29.1 Å². The third kappa shape index (κ3) is 3.65. The lowest BCUT2D eigenvalue weighted by Crippen LogP contribution is -2.16. The van der Waals surface area contributed by atoms with E-state index in [-0.39, 0.29) is 11.8 Å². The van der Waals surface area contributed by atoms with Crippen molar-refractivity contribution in [3.63, 3.8) is 0 Å². The highest BCUT2D eigenvalue weighted by molar-refractivity contribution is 7.99. The highest BCUT2D eigenvalue weighted by atomic mass is 32.2. The topological polar surface area (TPSA) is 68.0 Å². The average Bonchev–Trinajstić information content (AvgIpc) is 3.11. The van der Waals surface area contributed by atoms with E-state index < -0.39 is 5.97 Å². The molecule has 2 aromatic rings. The Morgan fingerprint density at radius 1 is 1.48 bits per heavy atom. The minimum atomic E-state index is -0.844. The van der Waals surface area contributed by atoms with Gasteiger partial charge in [-0.3, -0.25) is 9.36 Å². The standard InChI is InChI=1S/C14H19N3O2S2/c1-4-9(2)10(3)17-13(11-6-5-7-20-11)15-16-14(17)21-8-12(18)19/h5-7,9-10H,4,8H2,1-3H3,(H,18,19). The smallest absolute Gasteiger partial charge is 0.313 e. The van der Waals surface area contributed by atoms with Gasteiger partial charge in [0.2, 0.25) is 0 Å². The summed E-state index contributed by atoms with van der Waals surface area (Å²) in [4.78, 5) is 11.9. The average molecular weight is 325 g/mol. The number of carboxylic acids is 1. The summed E-state index contributed by atoms with van der Waals surface area (Å²) < 4.78 is 2.08. The van der Waals surface area contributed by atoms with Crippen molar-refractivity contribution in [2.24, 2.45) is 5.92 Å². The Labute approximate surface area is 132 Å². The van der Waals surface area contributed by atoms with E-state index in [4.69, 9.17) is 5.11 Å². The van der Waals surface area contributed by atoms with Crippen LogP contribution < -0.4 is 0 Å². The highest BCUT2D eigenvalue weighted by Crippen LogP contribution is 2.33. The van der Waals surface area contributed by atoms with Crippen LogP contribution >= 0.6 is 23.1 Å². The minimum Gasteiger partial charge on any atom is -0.481 e. The van der Waals surface area contributed by atoms with E-state index in [1.165, 1.54) is 11.8 Å². The van der Waals surface area contributed by atoms with Gasteiger partial charge in [0.15, 0.2) is 11.0 Å². The number of hydrogen-bond acceptors (Lipinski definition) is 5. The molecule has 0 spiro atoms. The number of carboxylic acid groups (broad SMARTS) is 1. The van der Waals surface area contributed by atoms with Crippen molar-refractivity contribution in [2.45, 2.75) is 38.4 Å². The first-order valence-electron chi connectivity index (χ1n) is 6.88. The van der Waals surface area contributed by atoms with Gasteiger partial charge in [0.25, 0.3) is 0 Å². The number of hydrogen-bond donors (Lipinski definition) is 1. The zero-order valence-corrected chi connectivity index (χ0v) is 13.9. The van der Waals surface area contributed by atoms with Crippen molar-refractivity contribution < 1.29 is 9.90 Å². The number of nitrogens with zero attached hydrogens (tertiary/aromatic N) is 3. The third-order valence-corrected chi connectivity index (χ3v) is 5.40. The first-order chi connectivity index (χ1) is 10.0. The Morgan fingerprint density at radius 3 is 2.81 bits per heavy atom. The van der Waals surface area contributed by atoms with Gasteiger partial charge in [-0.1, -0.05) is 38.1 Å². The Hall–Kier alpha value is -1.34. The predicted molar refractivity (Wildman–Crippen MR) is 85.9 cm³/mol. The fourth-order valence-corrected chi connectivity index (χ4v) is 3.49. The number of aromatic nitrogens is 3. The Kier molecular flexibility index (Phi) is 5.41. The van der Waals surface area contributed by atoms with Crippen LogP contribution in [0.5, 0.6) is 0 Å². The summed E-state index contributed by atoms with van der Waals surface area (Å²) in [7, 11) is 0. The van der Waals surface area contributed by atoms with Crippen molar-refractivity contribution in [2.75, 3.05) is 5.75 Å². The largest absolute Gasteiger partial charge is 0.481 e. The number of rotatable bonds is 7. The lowest BCUT2D eigenvalue weighted by atomic mass is 10.0. The number of thioether (sulfide) groups is 1. The fraction of sp³-hybridized carbons (Fsp3) is 0.500. The van der Waals surface area contributed by atoms with E-state index in [1.54, 1.807) is 11.3 Å². The number of thiophene rings is 1. The second kappa shape index (κ2) is 7.09. The van der Waals surface area contributed by atoms with Gasteiger partial charge in [0, 0.05) is 6.04 Å². The molecule has 0 radical (unpaired) electrons. The molecular formula is C14H19N3O2S2. The van der Waals surface area contributed by atoms with Gasteiger partial charge in [-0.2, -0.15) is 0 Å². The van der Waals surface area contributed by atoms with E-state index >= 15 is 0 Å². The number of aliphatic carboxylic acids is 1. The van der Waals surface area contributed by atoms with Gasteiger partial charge < -0.3 is 5.11 Å². The summed E-state index contributed by atoms with van der Waals surface area (Å²) in [6, 6.07) is 4.22. The van der Waals surface area contributed by atoms with E-state index in [2.05, 4.69) is 35.5 Å². The Balaban J connectivity index is 2.39. The maximum absolute atomic E-state index is 10.8. The van der Waals surface area contributed by atoms with Crippen LogP contribution in [0.3, 0.4) is 0 Å². The van der Waals surface area contributed by atoms with Crippen LogP contribution in [0, 0.1) is 5.92 Å². The van der Waals surface area contributed by atoms with E-state index in [9.17, 15) is 4.79 Å². The molecule has 0 saturated heterocycles. The fourth-order valence-electron chi connectivity index (χ4n) is 2.04. The van der Waals surface area contributed by atoms with Gasteiger partial charge in [-0.15, -0.1) is 21.5 Å². The molecule has 0 bridgehead atoms. The molecule has 1 N–H and O–H groups in total. The van der Waals surface area contributed by atoms with Crippen LogP contribution in [0.25, 0.3) is 10.7 Å². The van der Waals surface area contributed by atoms with E-state index in [1.807, 2.05) is 17.5 Å². The SMILES string of the molecule is CCC(C)C(C)n1c(SCC(=O)O)nnc1-c1cccs1. The molecular weight excluding hydrogens is 306 g/mol. The molecule has 0 saturated carbocycles. The van der Waals surface area contributed by atoms with Crippen LogP contribution in [0.2, 0.25) is 0 Å². The summed E-state index contributed by atoms with van der Waals surface area (Å²) in [5.41, 5.74) is 0. The summed E-state index contributed by atoms with van der Waals surface area (Å²) in [5.74, 6) is 0.438. The Morgan fingerprint density at radius 2 is 2.24 bits per heavy atom. The van der Waals surface area contributed by atoms with Crippen LogP contribution in [0.4, 0.5) is 0 Å². The lowest BCUT2D eigenvalue weighted by molar-refractivity contribution is -0.133. The molecule has 114 valence electrons. The zero-order valence-electron chi connectivity index (χ0n) is 12.3. The molecule has 0 fully saturated rings. The van der Waals surface area contributed by atoms with Crippen LogP contribution in [-0.2, 0) is 4.79 Å². The van der Waals surface area contributed by atoms with Crippen LogP contribution in [-0.4, -0.2) is 31.6 Å². The monoisotopic (exact) mass is 325 g/mol. The normalized spacial score (nSPS) is 14.0. The summed E-state index contributed by atoms with van der Waals surface area (Å²) in [6.45, 7) is 6.48. The molecule has 5 nitrogen and oxygen atoms in total. The summed E-state index contributed by atoms with van der Waals surface area (Å²) in [5, 5.41) is 20.0. The maximum atomic E-state index is 10.8. The second-order valence-electron chi connectivity index (χ2n) is 4.96. The molecule has 21 heavy (non-hydrogen) atoms. The lowest BCUT2D eigenvalue weighted by Gasteiger charge is -2.22. The van der Waals surface area contributed by atoms with Gasteiger partial charge in [0.05, 0.1) is 10.6 Å². The molecule has 2 unspecified atom stereocenters. The molecule has 0 aliphatic heterocycles. The van der Waals surface area contributed by atoms with Crippen LogP contribution in [0.15, 0.2) is 22.7 Å². The van der Waals surface area contributed by atoms with Crippen molar-refractivity contribution in [3.8, 4) is 10.7 Å². The van der Waals surface area contributed by atoms with Crippen molar-refractivity contribution in [1.82, 2.24) is 14.8 Å². The molecule has 2 aromatic heterocycles. The Bertz CT molecular complexity index is 595. The summed E-state index contributed by atoms with van der Waals surface area (Å²) in [6.07, 6.45) is 1.05. The number of carbonyl (C=O) groups is 1. The van der Waals surface area contributed by atoms with Crippen molar-refractivity contribution in [1.29, 1.82) is 0 Å². The molecule has 2 rings (SSSR count). The summed E-state index contributed by atoms with van der Waals surface area (Å²) >= 11 is 2.84. The molecule has 0 aliphatic rings. The first-order valence-corrected chi connectivity index (χ1v) is 8.74. The van der Waals surface area contributed by atoms with E-state index in [0.29, 0.717) is 11.1 Å². The van der Waals surface area contributed by atoms with Crippen molar-refractivity contribution in [3.05, 3.63) is 17.5 Å². The molecule has 0 aromatic carbocycles.